The number of hydrogen-bond donors (Lipinski definition) is 1. The predicted molar refractivity (Wildman–Crippen MR) is 83.4 cm³/mol. The number of morpholine rings is 1. The fraction of sp³-hybridized carbons (Fsp3) is 0.562. The summed E-state index contributed by atoms with van der Waals surface area (Å²) < 4.78 is 8.09. The molecule has 0 saturated carbocycles. The van der Waals surface area contributed by atoms with Gasteiger partial charge in [0.1, 0.15) is 5.65 Å². The number of aromatic nitrogens is 2. The summed E-state index contributed by atoms with van der Waals surface area (Å²) in [5.41, 5.74) is 2.08. The Morgan fingerprint density at radius 1 is 1.43 bits per heavy atom. The first-order valence-corrected chi connectivity index (χ1v) is 7.66. The van der Waals surface area contributed by atoms with Crippen molar-refractivity contribution in [3.63, 3.8) is 0 Å². The number of imidazole rings is 1. The number of pyridine rings is 1. The van der Waals surface area contributed by atoms with E-state index in [4.69, 9.17) is 9.72 Å². The summed E-state index contributed by atoms with van der Waals surface area (Å²) in [7, 11) is 1.97. The van der Waals surface area contributed by atoms with Gasteiger partial charge in [-0.15, -0.1) is 0 Å². The van der Waals surface area contributed by atoms with Crippen LogP contribution in [0.2, 0.25) is 0 Å². The third kappa shape index (κ3) is 2.81. The van der Waals surface area contributed by atoms with Gasteiger partial charge in [0.25, 0.3) is 0 Å². The van der Waals surface area contributed by atoms with Gasteiger partial charge in [0, 0.05) is 31.5 Å². The molecule has 5 heteroatoms. The molecule has 114 valence electrons. The molecule has 2 unspecified atom stereocenters. The van der Waals surface area contributed by atoms with E-state index >= 15 is 0 Å². The van der Waals surface area contributed by atoms with Crippen molar-refractivity contribution in [1.82, 2.24) is 19.6 Å². The van der Waals surface area contributed by atoms with Crippen LogP contribution in [0.3, 0.4) is 0 Å². The van der Waals surface area contributed by atoms with Crippen LogP contribution in [-0.4, -0.2) is 53.2 Å². The maximum Gasteiger partial charge on any atom is 0.137 e. The van der Waals surface area contributed by atoms with Gasteiger partial charge in [-0.3, -0.25) is 4.90 Å². The molecule has 0 aliphatic carbocycles. The Kier molecular flexibility index (Phi) is 4.24. The summed E-state index contributed by atoms with van der Waals surface area (Å²) in [6, 6.07) is 6.77. The number of hydrogen-bond acceptors (Lipinski definition) is 4. The molecule has 2 atom stereocenters. The van der Waals surface area contributed by atoms with E-state index in [0.29, 0.717) is 6.04 Å². The highest BCUT2D eigenvalue weighted by Gasteiger charge is 2.36. The number of likely N-dealkylation sites (N-methyl/N-ethyl adjacent to an activating group) is 1. The lowest BCUT2D eigenvalue weighted by molar-refractivity contribution is -0.0827. The summed E-state index contributed by atoms with van der Waals surface area (Å²) in [5.74, 6) is 0. The molecule has 0 aromatic carbocycles. The quantitative estimate of drug-likeness (QED) is 0.930. The molecule has 5 nitrogen and oxygen atoms in total. The van der Waals surface area contributed by atoms with Crippen LogP contribution in [0.15, 0.2) is 30.6 Å². The minimum absolute atomic E-state index is 0.135. The lowest BCUT2D eigenvalue weighted by Crippen LogP contribution is -2.51. The highest BCUT2D eigenvalue weighted by molar-refractivity contribution is 5.40. The maximum absolute atomic E-state index is 6.01. The van der Waals surface area contributed by atoms with Crippen molar-refractivity contribution in [2.24, 2.45) is 0 Å². The lowest BCUT2D eigenvalue weighted by Gasteiger charge is -2.42. The standard InChI is InChI=1S/C16H24N4O/c1-12(2)20-8-9-21-14(10-17-3)16(20)13-11-19-7-5-4-6-15(19)18-13/h4-7,11-12,14,16-17H,8-10H2,1-3H3. The van der Waals surface area contributed by atoms with E-state index in [1.165, 1.54) is 0 Å². The zero-order valence-electron chi connectivity index (χ0n) is 13.0. The van der Waals surface area contributed by atoms with E-state index < -0.39 is 0 Å². The lowest BCUT2D eigenvalue weighted by atomic mass is 10.0. The van der Waals surface area contributed by atoms with Crippen molar-refractivity contribution in [3.8, 4) is 0 Å². The van der Waals surface area contributed by atoms with E-state index in [0.717, 1.165) is 31.0 Å². The van der Waals surface area contributed by atoms with Gasteiger partial charge in [-0.25, -0.2) is 4.98 Å². The van der Waals surface area contributed by atoms with Gasteiger partial charge in [-0.05, 0) is 33.0 Å². The minimum atomic E-state index is 0.135. The Labute approximate surface area is 125 Å². The first-order valence-electron chi connectivity index (χ1n) is 7.66. The summed E-state index contributed by atoms with van der Waals surface area (Å²) >= 11 is 0. The average Bonchev–Trinajstić information content (AvgIpc) is 2.90. The Bertz CT molecular complexity index is 560. The smallest absolute Gasteiger partial charge is 0.137 e. The molecule has 21 heavy (non-hydrogen) atoms. The van der Waals surface area contributed by atoms with E-state index in [1.54, 1.807) is 0 Å². The van der Waals surface area contributed by atoms with Gasteiger partial charge in [0.2, 0.25) is 0 Å². The van der Waals surface area contributed by atoms with E-state index in [-0.39, 0.29) is 12.1 Å². The van der Waals surface area contributed by atoms with Gasteiger partial charge in [-0.2, -0.15) is 0 Å². The largest absolute Gasteiger partial charge is 0.374 e. The van der Waals surface area contributed by atoms with Crippen LogP contribution in [0.25, 0.3) is 5.65 Å². The number of nitrogens with one attached hydrogen (secondary N) is 1. The van der Waals surface area contributed by atoms with Crippen LogP contribution >= 0.6 is 0 Å². The topological polar surface area (TPSA) is 41.8 Å². The van der Waals surface area contributed by atoms with Gasteiger partial charge in [-0.1, -0.05) is 6.07 Å². The van der Waals surface area contributed by atoms with E-state index in [9.17, 15) is 0 Å². The zero-order valence-corrected chi connectivity index (χ0v) is 13.0. The number of rotatable bonds is 4. The fourth-order valence-corrected chi connectivity index (χ4v) is 3.16. The normalized spacial score (nSPS) is 24.0. The Morgan fingerprint density at radius 2 is 2.29 bits per heavy atom. The number of ether oxygens (including phenoxy) is 1. The van der Waals surface area contributed by atoms with Crippen molar-refractivity contribution in [3.05, 3.63) is 36.3 Å². The predicted octanol–water partition coefficient (Wildman–Crippen LogP) is 1.70. The molecule has 1 saturated heterocycles. The Hall–Kier alpha value is -1.43. The molecule has 1 N–H and O–H groups in total. The van der Waals surface area contributed by atoms with E-state index in [2.05, 4.69) is 34.7 Å². The van der Waals surface area contributed by atoms with Crippen LogP contribution in [0.1, 0.15) is 25.6 Å². The molecule has 3 heterocycles. The van der Waals surface area contributed by atoms with Crippen molar-refractivity contribution < 1.29 is 4.74 Å². The first-order chi connectivity index (χ1) is 10.2. The highest BCUT2D eigenvalue weighted by atomic mass is 16.5. The van der Waals surface area contributed by atoms with Crippen LogP contribution in [-0.2, 0) is 4.74 Å². The summed E-state index contributed by atoms with van der Waals surface area (Å²) in [6.45, 7) is 7.06. The summed E-state index contributed by atoms with van der Waals surface area (Å²) in [5, 5.41) is 3.24. The molecule has 1 aliphatic heterocycles. The Morgan fingerprint density at radius 3 is 3.00 bits per heavy atom. The summed E-state index contributed by atoms with van der Waals surface area (Å²) in [4.78, 5) is 7.31. The molecule has 2 aromatic heterocycles. The van der Waals surface area contributed by atoms with Gasteiger partial charge >= 0.3 is 0 Å². The van der Waals surface area contributed by atoms with E-state index in [1.807, 2.05) is 31.4 Å². The van der Waals surface area contributed by atoms with Crippen LogP contribution in [0.4, 0.5) is 0 Å². The molecule has 1 aliphatic rings. The zero-order chi connectivity index (χ0) is 14.8. The molecule has 0 spiro atoms. The summed E-state index contributed by atoms with van der Waals surface area (Å²) in [6.07, 6.45) is 4.31. The molecule has 2 aromatic rings. The van der Waals surface area contributed by atoms with Crippen molar-refractivity contribution >= 4 is 5.65 Å². The highest BCUT2D eigenvalue weighted by Crippen LogP contribution is 2.30. The van der Waals surface area contributed by atoms with Crippen molar-refractivity contribution in [2.45, 2.75) is 32.0 Å². The van der Waals surface area contributed by atoms with Crippen molar-refractivity contribution in [1.29, 1.82) is 0 Å². The van der Waals surface area contributed by atoms with Gasteiger partial charge in [0.05, 0.1) is 24.4 Å². The molecular weight excluding hydrogens is 264 g/mol. The number of fused-ring (bicyclic) bond motifs is 1. The SMILES string of the molecule is CNCC1OCCN(C(C)C)C1c1cn2ccccc2n1. The minimum Gasteiger partial charge on any atom is -0.374 e. The Balaban J connectivity index is 1.99. The van der Waals surface area contributed by atoms with Crippen LogP contribution < -0.4 is 5.32 Å². The molecule has 0 amide bonds. The average molecular weight is 288 g/mol. The maximum atomic E-state index is 6.01. The second-order valence-electron chi connectivity index (χ2n) is 5.88. The molecular formula is C16H24N4O. The third-order valence-electron chi connectivity index (χ3n) is 4.15. The van der Waals surface area contributed by atoms with Crippen LogP contribution in [0, 0.1) is 0 Å². The molecule has 1 fully saturated rings. The second-order valence-corrected chi connectivity index (χ2v) is 5.88. The van der Waals surface area contributed by atoms with Gasteiger partial charge < -0.3 is 14.5 Å². The monoisotopic (exact) mass is 288 g/mol. The number of nitrogens with zero attached hydrogens (tertiary/aromatic N) is 3. The molecule has 0 bridgehead atoms. The third-order valence-corrected chi connectivity index (χ3v) is 4.15. The van der Waals surface area contributed by atoms with Gasteiger partial charge in [0.15, 0.2) is 0 Å². The second kappa shape index (κ2) is 6.13. The van der Waals surface area contributed by atoms with Crippen LogP contribution in [0.5, 0.6) is 0 Å². The fourth-order valence-electron chi connectivity index (χ4n) is 3.16. The first kappa shape index (κ1) is 14.5. The van der Waals surface area contributed by atoms with Crippen molar-refractivity contribution in [2.75, 3.05) is 26.7 Å². The molecule has 3 rings (SSSR count). The molecule has 0 radical (unpaired) electrons.